The van der Waals surface area contributed by atoms with Crippen LogP contribution in [0.3, 0.4) is 0 Å². The Labute approximate surface area is 129 Å². The fraction of sp³-hybridized carbons (Fsp3) is 0. The maximum atomic E-state index is 13.7. The Morgan fingerprint density at radius 2 is 1.91 bits per heavy atom. The monoisotopic (exact) mass is 337 g/mol. The van der Waals surface area contributed by atoms with Crippen LogP contribution in [0.4, 0.5) is 14.5 Å². The van der Waals surface area contributed by atoms with Crippen LogP contribution in [0.5, 0.6) is 0 Å². The molecule has 0 bridgehead atoms. The maximum absolute atomic E-state index is 13.7. The zero-order valence-corrected chi connectivity index (χ0v) is 12.2. The van der Waals surface area contributed by atoms with Crippen molar-refractivity contribution < 1.29 is 21.7 Å². The Morgan fingerprint density at radius 3 is 2.61 bits per heavy atom. The van der Waals surface area contributed by atoms with Gasteiger partial charge in [0.2, 0.25) is 12.2 Å². The topological polar surface area (TPSA) is 85.1 Å². The third-order valence-electron chi connectivity index (χ3n) is 2.92. The van der Waals surface area contributed by atoms with Gasteiger partial charge in [-0.15, -0.1) is 0 Å². The van der Waals surface area contributed by atoms with E-state index < -0.39 is 26.6 Å². The van der Waals surface area contributed by atoms with Crippen LogP contribution in [0.15, 0.2) is 58.3 Å². The predicted octanol–water partition coefficient (Wildman–Crippen LogP) is 2.82. The number of hydrogen-bond donors (Lipinski definition) is 1. The minimum Gasteiger partial charge on any atom is -0.342 e. The van der Waals surface area contributed by atoms with Gasteiger partial charge in [0, 0.05) is 17.3 Å². The van der Waals surface area contributed by atoms with Gasteiger partial charge >= 0.3 is 0 Å². The van der Waals surface area contributed by atoms with Crippen LogP contribution >= 0.6 is 0 Å². The van der Waals surface area contributed by atoms with Crippen LogP contribution < -0.4 is 4.72 Å². The normalized spacial score (nSPS) is 11.4. The molecule has 0 fully saturated rings. The SMILES string of the molecule is O=S(=O)(Nc1cccc(-c2ncon2)c1)c1ccc(F)cc1F. The standard InChI is InChI=1S/C14H9F2N3O3S/c15-10-4-5-13(12(16)7-10)23(20,21)19-11-3-1-2-9(6-11)14-17-8-22-18-14/h1-8,19H. The van der Waals surface area contributed by atoms with Gasteiger partial charge in [-0.05, 0) is 24.3 Å². The van der Waals surface area contributed by atoms with E-state index in [9.17, 15) is 17.2 Å². The smallest absolute Gasteiger partial charge is 0.264 e. The van der Waals surface area contributed by atoms with Gasteiger partial charge in [0.1, 0.15) is 16.5 Å². The van der Waals surface area contributed by atoms with Crippen molar-refractivity contribution >= 4 is 15.7 Å². The van der Waals surface area contributed by atoms with Crippen molar-refractivity contribution in [3.05, 3.63) is 60.5 Å². The molecule has 0 aliphatic heterocycles. The average molecular weight is 337 g/mol. The van der Waals surface area contributed by atoms with Crippen molar-refractivity contribution in [2.75, 3.05) is 4.72 Å². The van der Waals surface area contributed by atoms with Gasteiger partial charge < -0.3 is 4.52 Å². The third-order valence-corrected chi connectivity index (χ3v) is 4.33. The van der Waals surface area contributed by atoms with Crippen LogP contribution in [-0.2, 0) is 10.0 Å². The molecule has 6 nitrogen and oxygen atoms in total. The first-order chi connectivity index (χ1) is 11.0. The predicted molar refractivity (Wildman–Crippen MR) is 76.9 cm³/mol. The van der Waals surface area contributed by atoms with E-state index in [-0.39, 0.29) is 11.5 Å². The van der Waals surface area contributed by atoms with Crippen molar-refractivity contribution in [1.82, 2.24) is 10.1 Å². The van der Waals surface area contributed by atoms with E-state index in [1.54, 1.807) is 12.1 Å². The summed E-state index contributed by atoms with van der Waals surface area (Å²) >= 11 is 0. The number of hydrogen-bond acceptors (Lipinski definition) is 5. The van der Waals surface area contributed by atoms with E-state index in [2.05, 4.69) is 19.4 Å². The minimum atomic E-state index is -4.20. The molecule has 0 aliphatic carbocycles. The molecular weight excluding hydrogens is 328 g/mol. The third kappa shape index (κ3) is 3.19. The second-order valence-electron chi connectivity index (χ2n) is 4.52. The van der Waals surface area contributed by atoms with Crippen LogP contribution in [0.2, 0.25) is 0 Å². The Kier molecular flexibility index (Phi) is 3.78. The highest BCUT2D eigenvalue weighted by Crippen LogP contribution is 2.23. The molecule has 0 unspecified atom stereocenters. The maximum Gasteiger partial charge on any atom is 0.264 e. The number of halogens is 2. The summed E-state index contributed by atoms with van der Waals surface area (Å²) in [6.07, 6.45) is 1.14. The first kappa shape index (κ1) is 15.1. The molecule has 0 spiro atoms. The molecule has 1 N–H and O–H groups in total. The van der Waals surface area contributed by atoms with E-state index in [0.29, 0.717) is 11.6 Å². The molecule has 9 heteroatoms. The highest BCUT2D eigenvalue weighted by molar-refractivity contribution is 7.92. The number of aromatic nitrogens is 2. The molecule has 3 rings (SSSR count). The molecule has 2 aromatic carbocycles. The highest BCUT2D eigenvalue weighted by atomic mass is 32.2. The molecule has 0 amide bonds. The van der Waals surface area contributed by atoms with E-state index in [4.69, 9.17) is 0 Å². The van der Waals surface area contributed by atoms with E-state index in [0.717, 1.165) is 18.5 Å². The number of anilines is 1. The fourth-order valence-corrected chi connectivity index (χ4v) is 3.03. The van der Waals surface area contributed by atoms with Gasteiger partial charge in [0.15, 0.2) is 0 Å². The summed E-state index contributed by atoms with van der Waals surface area (Å²) in [6.45, 7) is 0. The van der Waals surface area contributed by atoms with Gasteiger partial charge in [-0.2, -0.15) is 4.98 Å². The summed E-state index contributed by atoms with van der Waals surface area (Å²) in [5.74, 6) is -1.76. The first-order valence-electron chi connectivity index (χ1n) is 6.30. The van der Waals surface area contributed by atoms with Crippen molar-refractivity contribution in [2.45, 2.75) is 4.90 Å². The second-order valence-corrected chi connectivity index (χ2v) is 6.17. The van der Waals surface area contributed by atoms with Crippen molar-refractivity contribution in [3.63, 3.8) is 0 Å². The molecule has 0 saturated heterocycles. The van der Waals surface area contributed by atoms with Crippen LogP contribution in [0.25, 0.3) is 11.4 Å². The lowest BCUT2D eigenvalue weighted by Crippen LogP contribution is -2.14. The summed E-state index contributed by atoms with van der Waals surface area (Å²) in [4.78, 5) is 3.20. The Morgan fingerprint density at radius 1 is 1.09 bits per heavy atom. The largest absolute Gasteiger partial charge is 0.342 e. The Hall–Kier alpha value is -2.81. The van der Waals surface area contributed by atoms with Crippen molar-refractivity contribution in [2.24, 2.45) is 0 Å². The number of rotatable bonds is 4. The lowest BCUT2D eigenvalue weighted by molar-refractivity contribution is 0.419. The summed E-state index contributed by atoms with van der Waals surface area (Å²) in [5.41, 5.74) is 0.689. The highest BCUT2D eigenvalue weighted by Gasteiger charge is 2.20. The summed E-state index contributed by atoms with van der Waals surface area (Å²) < 4.78 is 57.8. The molecule has 23 heavy (non-hydrogen) atoms. The lowest BCUT2D eigenvalue weighted by Gasteiger charge is -2.09. The van der Waals surface area contributed by atoms with Crippen molar-refractivity contribution in [3.8, 4) is 11.4 Å². The molecule has 0 saturated carbocycles. The zero-order chi connectivity index (χ0) is 16.4. The van der Waals surface area contributed by atoms with E-state index in [1.165, 1.54) is 12.1 Å². The number of benzene rings is 2. The quantitative estimate of drug-likeness (QED) is 0.791. The molecule has 0 radical (unpaired) electrons. The lowest BCUT2D eigenvalue weighted by atomic mass is 10.2. The molecule has 1 aromatic heterocycles. The fourth-order valence-electron chi connectivity index (χ4n) is 1.92. The number of sulfonamides is 1. The number of nitrogens with one attached hydrogen (secondary N) is 1. The summed E-state index contributed by atoms with van der Waals surface area (Å²) in [7, 11) is -4.20. The average Bonchev–Trinajstić information content (AvgIpc) is 3.00. The minimum absolute atomic E-state index is 0.177. The first-order valence-corrected chi connectivity index (χ1v) is 7.79. The Bertz CT molecular complexity index is 944. The van der Waals surface area contributed by atoms with Gasteiger partial charge in [0.05, 0.1) is 0 Å². The summed E-state index contributed by atoms with van der Waals surface area (Å²) in [5, 5.41) is 3.64. The van der Waals surface area contributed by atoms with Gasteiger partial charge in [-0.1, -0.05) is 17.3 Å². The van der Waals surface area contributed by atoms with E-state index >= 15 is 0 Å². The van der Waals surface area contributed by atoms with Gasteiger partial charge in [-0.3, -0.25) is 4.72 Å². The molecule has 0 atom stereocenters. The van der Waals surface area contributed by atoms with Crippen LogP contribution in [0.1, 0.15) is 0 Å². The van der Waals surface area contributed by atoms with Gasteiger partial charge in [0.25, 0.3) is 10.0 Å². The van der Waals surface area contributed by atoms with E-state index in [1.807, 2.05) is 0 Å². The molecule has 0 aliphatic rings. The van der Waals surface area contributed by atoms with Gasteiger partial charge in [-0.25, -0.2) is 17.2 Å². The Balaban J connectivity index is 1.93. The van der Waals surface area contributed by atoms with Crippen LogP contribution in [-0.4, -0.2) is 18.6 Å². The molecule has 1 heterocycles. The summed E-state index contributed by atoms with van der Waals surface area (Å²) in [6, 6.07) is 8.39. The molecular formula is C14H9F2N3O3S. The zero-order valence-electron chi connectivity index (χ0n) is 11.4. The molecule has 3 aromatic rings. The van der Waals surface area contributed by atoms with Crippen LogP contribution in [0, 0.1) is 11.6 Å². The number of nitrogens with zero attached hydrogens (tertiary/aromatic N) is 2. The van der Waals surface area contributed by atoms with Crippen molar-refractivity contribution in [1.29, 1.82) is 0 Å². The molecule has 118 valence electrons. The second kappa shape index (κ2) is 5.76.